The molecule has 23 heavy (non-hydrogen) atoms. The number of benzene rings is 1. The topological polar surface area (TPSA) is 63.2 Å². The third-order valence-electron chi connectivity index (χ3n) is 3.29. The number of nitrogens with zero attached hydrogens (tertiary/aromatic N) is 1. The number of carbonyl (C=O) groups excluding carboxylic acids is 1. The van der Waals surface area contributed by atoms with Crippen molar-refractivity contribution in [2.24, 2.45) is 0 Å². The summed E-state index contributed by atoms with van der Waals surface area (Å²) < 4.78 is 5.44. The lowest BCUT2D eigenvalue weighted by Crippen LogP contribution is -2.36. The average Bonchev–Trinajstić information content (AvgIpc) is 2.54. The fourth-order valence-corrected chi connectivity index (χ4v) is 2.45. The van der Waals surface area contributed by atoms with E-state index in [1.165, 1.54) is 0 Å². The third kappa shape index (κ3) is 4.86. The molecule has 5 nitrogen and oxygen atoms in total. The van der Waals surface area contributed by atoms with Gasteiger partial charge in [0.1, 0.15) is 0 Å². The summed E-state index contributed by atoms with van der Waals surface area (Å²) in [5.41, 5.74) is 1.70. The van der Waals surface area contributed by atoms with E-state index in [4.69, 9.17) is 16.3 Å². The molecule has 0 aliphatic carbocycles. The van der Waals surface area contributed by atoms with E-state index in [0.717, 1.165) is 11.1 Å². The monoisotopic (exact) mass is 333 g/mol. The zero-order valence-electron chi connectivity index (χ0n) is 13.2. The number of aromatic nitrogens is 1. The summed E-state index contributed by atoms with van der Waals surface area (Å²) >= 11 is 6.13. The van der Waals surface area contributed by atoms with Gasteiger partial charge in [-0.2, -0.15) is 0 Å². The third-order valence-corrected chi connectivity index (χ3v) is 3.63. The molecule has 0 spiro atoms. The number of carbonyl (C=O) groups is 1. The van der Waals surface area contributed by atoms with Gasteiger partial charge in [-0.05, 0) is 31.5 Å². The normalized spacial score (nSPS) is 11.6. The highest BCUT2D eigenvalue weighted by Crippen LogP contribution is 2.22. The maximum atomic E-state index is 12.1. The summed E-state index contributed by atoms with van der Waals surface area (Å²) in [5.74, 6) is 0.537. The van der Waals surface area contributed by atoms with E-state index in [1.54, 1.807) is 12.3 Å². The Labute approximate surface area is 141 Å². The Balaban J connectivity index is 1.92. The highest BCUT2D eigenvalue weighted by Gasteiger charge is 2.12. The van der Waals surface area contributed by atoms with E-state index in [1.807, 2.05) is 44.2 Å². The highest BCUT2D eigenvalue weighted by atomic mass is 35.5. The molecular formula is C17H20ClN3O2. The Morgan fingerprint density at radius 3 is 2.83 bits per heavy atom. The van der Waals surface area contributed by atoms with E-state index < -0.39 is 0 Å². The molecule has 0 aliphatic rings. The van der Waals surface area contributed by atoms with Gasteiger partial charge in [-0.25, -0.2) is 9.78 Å². The first-order valence-electron chi connectivity index (χ1n) is 7.47. The number of pyridine rings is 1. The summed E-state index contributed by atoms with van der Waals surface area (Å²) in [6, 6.07) is 10.7. The quantitative estimate of drug-likeness (QED) is 0.847. The van der Waals surface area contributed by atoms with Crippen molar-refractivity contribution in [2.45, 2.75) is 26.4 Å². The first kappa shape index (κ1) is 17.1. The highest BCUT2D eigenvalue weighted by molar-refractivity contribution is 6.31. The minimum Gasteiger partial charge on any atom is -0.478 e. The van der Waals surface area contributed by atoms with Gasteiger partial charge in [0.15, 0.2) is 0 Å². The summed E-state index contributed by atoms with van der Waals surface area (Å²) in [6.45, 7) is 4.64. The molecule has 1 aromatic carbocycles. The van der Waals surface area contributed by atoms with E-state index in [2.05, 4.69) is 15.6 Å². The van der Waals surface area contributed by atoms with Gasteiger partial charge in [-0.1, -0.05) is 35.9 Å². The maximum absolute atomic E-state index is 12.1. The zero-order valence-corrected chi connectivity index (χ0v) is 13.9. The molecule has 1 atom stereocenters. The van der Waals surface area contributed by atoms with Crippen LogP contribution in [0.1, 0.15) is 31.0 Å². The average molecular weight is 334 g/mol. The smallest absolute Gasteiger partial charge is 0.315 e. The molecule has 0 saturated carbocycles. The second-order valence-electron chi connectivity index (χ2n) is 4.97. The summed E-state index contributed by atoms with van der Waals surface area (Å²) in [4.78, 5) is 16.2. The van der Waals surface area contributed by atoms with Crippen molar-refractivity contribution in [2.75, 3.05) is 6.61 Å². The molecule has 0 bridgehead atoms. The number of hydrogen-bond acceptors (Lipinski definition) is 3. The summed E-state index contributed by atoms with van der Waals surface area (Å²) in [6.07, 6.45) is 1.66. The van der Waals surface area contributed by atoms with Gasteiger partial charge in [0, 0.05) is 23.3 Å². The molecule has 0 aliphatic heterocycles. The zero-order chi connectivity index (χ0) is 16.7. The lowest BCUT2D eigenvalue weighted by Gasteiger charge is -2.16. The fraction of sp³-hybridized carbons (Fsp3) is 0.294. The van der Waals surface area contributed by atoms with Crippen molar-refractivity contribution in [3.05, 3.63) is 58.7 Å². The van der Waals surface area contributed by atoms with Gasteiger partial charge in [0.05, 0.1) is 12.6 Å². The molecule has 0 radical (unpaired) electrons. The molecule has 2 rings (SSSR count). The lowest BCUT2D eigenvalue weighted by molar-refractivity contribution is 0.237. The molecule has 1 heterocycles. The molecule has 2 amide bonds. The molecule has 0 saturated heterocycles. The minimum atomic E-state index is -0.274. The van der Waals surface area contributed by atoms with Crippen LogP contribution in [0.25, 0.3) is 0 Å². The van der Waals surface area contributed by atoms with E-state index in [0.29, 0.717) is 24.1 Å². The second-order valence-corrected chi connectivity index (χ2v) is 5.38. The molecule has 2 N–H and O–H groups in total. The number of hydrogen-bond donors (Lipinski definition) is 2. The van der Waals surface area contributed by atoms with Gasteiger partial charge in [-0.15, -0.1) is 0 Å². The Morgan fingerprint density at radius 2 is 2.09 bits per heavy atom. The summed E-state index contributed by atoms with van der Waals surface area (Å²) in [7, 11) is 0. The first-order chi connectivity index (χ1) is 11.1. The predicted molar refractivity (Wildman–Crippen MR) is 90.6 cm³/mol. The van der Waals surface area contributed by atoms with Crippen LogP contribution >= 0.6 is 11.6 Å². The van der Waals surface area contributed by atoms with Crippen LogP contribution in [0.4, 0.5) is 4.79 Å². The minimum absolute atomic E-state index is 0.191. The van der Waals surface area contributed by atoms with Crippen LogP contribution in [-0.4, -0.2) is 17.6 Å². The molecule has 1 unspecified atom stereocenters. The molecule has 0 fully saturated rings. The molecule has 6 heteroatoms. The van der Waals surface area contributed by atoms with Crippen LogP contribution in [-0.2, 0) is 6.54 Å². The van der Waals surface area contributed by atoms with Crippen LogP contribution in [0.5, 0.6) is 5.88 Å². The van der Waals surface area contributed by atoms with Crippen molar-refractivity contribution in [3.63, 3.8) is 0 Å². The molecular weight excluding hydrogens is 314 g/mol. The van der Waals surface area contributed by atoms with Gasteiger partial charge in [0.25, 0.3) is 0 Å². The van der Waals surface area contributed by atoms with Crippen molar-refractivity contribution in [3.8, 4) is 5.88 Å². The predicted octanol–water partition coefficient (Wildman–Crippen LogP) is 3.69. The van der Waals surface area contributed by atoms with Crippen LogP contribution in [0.3, 0.4) is 0 Å². The number of ether oxygens (including phenoxy) is 1. The number of amides is 2. The fourth-order valence-electron chi connectivity index (χ4n) is 2.15. The van der Waals surface area contributed by atoms with Gasteiger partial charge in [0.2, 0.25) is 5.88 Å². The first-order valence-corrected chi connectivity index (χ1v) is 7.85. The standard InChI is InChI=1S/C17H20ClN3O2/c1-3-23-16-13(7-6-10-19-16)11-20-17(22)21-12(2)14-8-4-5-9-15(14)18/h4-10,12H,3,11H2,1-2H3,(H2,20,21,22). The largest absolute Gasteiger partial charge is 0.478 e. The van der Waals surface area contributed by atoms with Crippen LogP contribution in [0.15, 0.2) is 42.6 Å². The number of rotatable bonds is 6. The van der Waals surface area contributed by atoms with Crippen molar-refractivity contribution in [1.82, 2.24) is 15.6 Å². The second kappa shape index (κ2) is 8.39. The van der Waals surface area contributed by atoms with Gasteiger partial charge < -0.3 is 15.4 Å². The van der Waals surface area contributed by atoms with Gasteiger partial charge in [-0.3, -0.25) is 0 Å². The number of urea groups is 1. The van der Waals surface area contributed by atoms with Crippen LogP contribution in [0.2, 0.25) is 5.02 Å². The Morgan fingerprint density at radius 1 is 1.30 bits per heavy atom. The SMILES string of the molecule is CCOc1ncccc1CNC(=O)NC(C)c1ccccc1Cl. The van der Waals surface area contributed by atoms with Gasteiger partial charge >= 0.3 is 6.03 Å². The maximum Gasteiger partial charge on any atom is 0.315 e. The summed E-state index contributed by atoms with van der Waals surface area (Å²) in [5, 5.41) is 6.30. The van der Waals surface area contributed by atoms with E-state index in [-0.39, 0.29) is 12.1 Å². The van der Waals surface area contributed by atoms with Crippen molar-refractivity contribution < 1.29 is 9.53 Å². The molecule has 1 aromatic heterocycles. The Hall–Kier alpha value is -2.27. The van der Waals surface area contributed by atoms with Crippen molar-refractivity contribution in [1.29, 1.82) is 0 Å². The van der Waals surface area contributed by atoms with Crippen LogP contribution < -0.4 is 15.4 Å². The molecule has 122 valence electrons. The Bertz CT molecular complexity index is 664. The number of nitrogens with one attached hydrogen (secondary N) is 2. The van der Waals surface area contributed by atoms with E-state index in [9.17, 15) is 4.79 Å². The van der Waals surface area contributed by atoms with E-state index >= 15 is 0 Å². The number of halogens is 1. The Kier molecular flexibility index (Phi) is 6.23. The lowest BCUT2D eigenvalue weighted by atomic mass is 10.1. The van der Waals surface area contributed by atoms with Crippen LogP contribution in [0, 0.1) is 0 Å². The molecule has 2 aromatic rings. The van der Waals surface area contributed by atoms with Crippen molar-refractivity contribution >= 4 is 17.6 Å².